The van der Waals surface area contributed by atoms with Gasteiger partial charge in [-0.05, 0) is 69.1 Å². The standard InChI is InChI=1S/C28H35ClN6O3/c1-3-26(37)34-13-20-7-6-19(34)14-35(20)27-23-15-33(12-18-11-22(36)8-9-24(18)29)16-25(23)30-28(31-27)38-17-21-5-4-10-32(21)2/h3,8-9,11,19-21,36H,1,4-7,10,12-17H2,2H3/t19?,20?,21-/m0/s1. The number of hydrogen-bond acceptors (Lipinski definition) is 8. The Hall–Kier alpha value is -2.88. The van der Waals surface area contributed by atoms with Crippen LogP contribution in [0, 0.1) is 0 Å². The number of piperidine rings is 2. The highest BCUT2D eigenvalue weighted by molar-refractivity contribution is 6.31. The number of phenolic OH excluding ortho intramolecular Hbond substituents is 1. The zero-order valence-corrected chi connectivity index (χ0v) is 22.6. The smallest absolute Gasteiger partial charge is 0.318 e. The van der Waals surface area contributed by atoms with Gasteiger partial charge in [-0.25, -0.2) is 0 Å². The van der Waals surface area contributed by atoms with E-state index in [9.17, 15) is 9.90 Å². The van der Waals surface area contributed by atoms with Gasteiger partial charge in [-0.1, -0.05) is 18.2 Å². The van der Waals surface area contributed by atoms with Gasteiger partial charge in [0.15, 0.2) is 0 Å². The maximum Gasteiger partial charge on any atom is 0.318 e. The van der Waals surface area contributed by atoms with E-state index in [0.29, 0.717) is 49.9 Å². The molecule has 0 saturated carbocycles. The summed E-state index contributed by atoms with van der Waals surface area (Å²) in [6, 6.07) is 6.21. The van der Waals surface area contributed by atoms with Crippen LogP contribution in [0.5, 0.6) is 11.8 Å². The van der Waals surface area contributed by atoms with Gasteiger partial charge in [0.1, 0.15) is 18.2 Å². The number of hydrogen-bond donors (Lipinski definition) is 1. The summed E-state index contributed by atoms with van der Waals surface area (Å²) in [5.41, 5.74) is 2.97. The summed E-state index contributed by atoms with van der Waals surface area (Å²) < 4.78 is 6.22. The van der Waals surface area contributed by atoms with E-state index in [0.717, 1.165) is 55.0 Å². The lowest BCUT2D eigenvalue weighted by Crippen LogP contribution is -2.64. The fraction of sp³-hybridized carbons (Fsp3) is 0.536. The molecule has 9 nitrogen and oxygen atoms in total. The van der Waals surface area contributed by atoms with Crippen LogP contribution in [-0.2, 0) is 24.4 Å². The Morgan fingerprint density at radius 2 is 2.05 bits per heavy atom. The lowest BCUT2D eigenvalue weighted by molar-refractivity contribution is -0.131. The molecule has 5 aliphatic rings. The summed E-state index contributed by atoms with van der Waals surface area (Å²) in [7, 11) is 2.14. The Balaban J connectivity index is 1.28. The zero-order valence-electron chi connectivity index (χ0n) is 21.9. The molecule has 6 heterocycles. The van der Waals surface area contributed by atoms with Crippen molar-refractivity contribution in [2.45, 2.75) is 63.4 Å². The molecular weight excluding hydrogens is 504 g/mol. The highest BCUT2D eigenvalue weighted by Gasteiger charge is 2.43. The number of ether oxygens (including phenoxy) is 1. The minimum absolute atomic E-state index is 0.00568. The molecule has 2 unspecified atom stereocenters. The van der Waals surface area contributed by atoms with Gasteiger partial charge in [-0.15, -0.1) is 0 Å². The quantitative estimate of drug-likeness (QED) is 0.538. The molecule has 4 saturated heterocycles. The maximum absolute atomic E-state index is 12.5. The highest BCUT2D eigenvalue weighted by atomic mass is 35.5. The molecule has 202 valence electrons. The molecule has 1 N–H and O–H groups in total. The molecule has 0 radical (unpaired) electrons. The molecule has 4 fully saturated rings. The van der Waals surface area contributed by atoms with Crippen LogP contribution in [0.1, 0.15) is 42.5 Å². The third-order valence-corrected chi connectivity index (χ3v) is 8.93. The van der Waals surface area contributed by atoms with Gasteiger partial charge < -0.3 is 24.5 Å². The number of aromatic nitrogens is 2. The number of anilines is 1. The SMILES string of the molecule is C=CC(=O)N1CC2CCC1CN2c1nc(OC[C@@H]2CCCN2C)nc2c1CN(Cc1cc(O)ccc1Cl)C2. The van der Waals surface area contributed by atoms with E-state index in [-0.39, 0.29) is 23.7 Å². The van der Waals surface area contributed by atoms with Gasteiger partial charge in [-0.2, -0.15) is 9.97 Å². The van der Waals surface area contributed by atoms with Crippen molar-refractivity contribution >= 4 is 23.3 Å². The third kappa shape index (κ3) is 4.83. The van der Waals surface area contributed by atoms with E-state index in [1.807, 2.05) is 4.90 Å². The summed E-state index contributed by atoms with van der Waals surface area (Å²) in [4.78, 5) is 31.3. The van der Waals surface area contributed by atoms with E-state index in [4.69, 9.17) is 26.3 Å². The zero-order chi connectivity index (χ0) is 26.4. The number of halogens is 1. The van der Waals surface area contributed by atoms with Gasteiger partial charge in [0.05, 0.1) is 5.69 Å². The van der Waals surface area contributed by atoms with Crippen LogP contribution in [0.3, 0.4) is 0 Å². The summed E-state index contributed by atoms with van der Waals surface area (Å²) in [6.07, 6.45) is 5.74. The predicted molar refractivity (Wildman–Crippen MR) is 145 cm³/mol. The normalized spacial score (nSPS) is 25.2. The second-order valence-electron chi connectivity index (χ2n) is 11.0. The third-order valence-electron chi connectivity index (χ3n) is 8.56. The summed E-state index contributed by atoms with van der Waals surface area (Å²) in [5.74, 6) is 1.14. The van der Waals surface area contributed by atoms with Crippen molar-refractivity contribution in [2.75, 3.05) is 38.2 Å². The average molecular weight is 539 g/mol. The van der Waals surface area contributed by atoms with Crippen LogP contribution >= 0.6 is 11.6 Å². The number of fused-ring (bicyclic) bond motifs is 4. The first-order valence-electron chi connectivity index (χ1n) is 13.5. The van der Waals surface area contributed by atoms with Gasteiger partial charge in [0.2, 0.25) is 5.91 Å². The van der Waals surface area contributed by atoms with Crippen molar-refractivity contribution in [1.82, 2.24) is 24.7 Å². The van der Waals surface area contributed by atoms with Gasteiger partial charge in [0.25, 0.3) is 0 Å². The number of phenols is 1. The van der Waals surface area contributed by atoms with Crippen LogP contribution < -0.4 is 9.64 Å². The number of carbonyl (C=O) groups is 1. The number of amides is 1. The monoisotopic (exact) mass is 538 g/mol. The van der Waals surface area contributed by atoms with E-state index in [1.54, 1.807) is 18.2 Å². The predicted octanol–water partition coefficient (Wildman–Crippen LogP) is 3.19. The lowest BCUT2D eigenvalue weighted by atomic mass is 9.90. The largest absolute Gasteiger partial charge is 0.508 e. The number of likely N-dealkylation sites (N-methyl/N-ethyl adjacent to an activating group) is 1. The topological polar surface area (TPSA) is 85.3 Å². The van der Waals surface area contributed by atoms with E-state index in [2.05, 4.69) is 28.3 Å². The molecule has 7 rings (SSSR count). The molecule has 10 heteroatoms. The number of benzene rings is 1. The molecule has 0 aliphatic carbocycles. The summed E-state index contributed by atoms with van der Waals surface area (Å²) >= 11 is 6.44. The number of carbonyl (C=O) groups excluding carboxylic acids is 1. The molecule has 1 amide bonds. The summed E-state index contributed by atoms with van der Waals surface area (Å²) in [6.45, 7) is 8.72. The number of aromatic hydroxyl groups is 1. The summed E-state index contributed by atoms with van der Waals surface area (Å²) in [5, 5.41) is 10.6. The fourth-order valence-electron chi connectivity index (χ4n) is 6.45. The van der Waals surface area contributed by atoms with E-state index >= 15 is 0 Å². The Bertz CT molecular complexity index is 1240. The van der Waals surface area contributed by atoms with Crippen molar-refractivity contribution in [2.24, 2.45) is 0 Å². The number of nitrogens with zero attached hydrogens (tertiary/aromatic N) is 6. The fourth-order valence-corrected chi connectivity index (χ4v) is 6.63. The molecular formula is C28H35ClN6O3. The van der Waals surface area contributed by atoms with Crippen molar-refractivity contribution in [3.8, 4) is 11.8 Å². The van der Waals surface area contributed by atoms with Gasteiger partial charge in [-0.3, -0.25) is 9.69 Å². The first-order valence-corrected chi connectivity index (χ1v) is 13.9. The van der Waals surface area contributed by atoms with Crippen molar-refractivity contribution < 1.29 is 14.6 Å². The molecule has 1 aromatic carbocycles. The average Bonchev–Trinajstić information content (AvgIpc) is 3.53. The van der Waals surface area contributed by atoms with Crippen molar-refractivity contribution in [1.29, 1.82) is 0 Å². The molecule has 0 spiro atoms. The molecule has 38 heavy (non-hydrogen) atoms. The van der Waals surface area contributed by atoms with Crippen molar-refractivity contribution in [3.63, 3.8) is 0 Å². The van der Waals surface area contributed by atoms with Crippen LogP contribution in [0.25, 0.3) is 0 Å². The molecule has 5 aliphatic heterocycles. The van der Waals surface area contributed by atoms with E-state index < -0.39 is 0 Å². The molecule has 2 bridgehead atoms. The van der Waals surface area contributed by atoms with Crippen LogP contribution in [0.4, 0.5) is 5.82 Å². The first-order chi connectivity index (χ1) is 18.4. The van der Waals surface area contributed by atoms with E-state index in [1.165, 1.54) is 12.5 Å². The van der Waals surface area contributed by atoms with Crippen LogP contribution in [-0.4, -0.2) is 87.1 Å². The minimum Gasteiger partial charge on any atom is -0.508 e. The Morgan fingerprint density at radius 3 is 2.79 bits per heavy atom. The maximum atomic E-state index is 12.5. The second kappa shape index (κ2) is 10.4. The minimum atomic E-state index is 0.00568. The molecule has 2 aromatic rings. The Labute approximate surface area is 228 Å². The van der Waals surface area contributed by atoms with Crippen LogP contribution in [0.2, 0.25) is 5.02 Å². The second-order valence-corrected chi connectivity index (χ2v) is 11.4. The number of likely N-dealkylation sites (tertiary alicyclic amines) is 1. The van der Waals surface area contributed by atoms with Gasteiger partial charge >= 0.3 is 6.01 Å². The van der Waals surface area contributed by atoms with Gasteiger partial charge in [0, 0.05) is 61.4 Å². The highest BCUT2D eigenvalue weighted by Crippen LogP contribution is 2.38. The lowest BCUT2D eigenvalue weighted by Gasteiger charge is -2.52. The first kappa shape index (κ1) is 25.4. The number of piperazine rings is 1. The van der Waals surface area contributed by atoms with Crippen LogP contribution in [0.15, 0.2) is 30.9 Å². The molecule has 3 atom stereocenters. The molecule has 1 aromatic heterocycles. The number of rotatable bonds is 7. The van der Waals surface area contributed by atoms with Crippen molar-refractivity contribution in [3.05, 3.63) is 52.7 Å². The Morgan fingerprint density at radius 1 is 1.21 bits per heavy atom. The Kier molecular flexibility index (Phi) is 6.92.